The van der Waals surface area contributed by atoms with Gasteiger partial charge >= 0.3 is 0 Å². The molecule has 0 saturated heterocycles. The fourth-order valence-corrected chi connectivity index (χ4v) is 1.75. The van der Waals surface area contributed by atoms with Crippen molar-refractivity contribution in [1.82, 2.24) is 5.32 Å². The molecule has 0 spiro atoms. The molecule has 20 heavy (non-hydrogen) atoms. The number of aliphatic imine (C=N–C) groups is 1. The summed E-state index contributed by atoms with van der Waals surface area (Å²) < 4.78 is 5.11. The van der Waals surface area contributed by atoms with Crippen LogP contribution in [0.1, 0.15) is 11.1 Å². The third kappa shape index (κ3) is 4.31. The minimum Gasteiger partial charge on any atom is -0.497 e. The van der Waals surface area contributed by atoms with Crippen LogP contribution in [-0.2, 0) is 13.1 Å². The Bertz CT molecular complexity index is 550. The number of hydrogen-bond donors (Lipinski definition) is 2. The predicted octanol–water partition coefficient (Wildman–Crippen LogP) is 2.30. The van der Waals surface area contributed by atoms with Crippen molar-refractivity contribution < 1.29 is 4.74 Å². The molecule has 2 aromatic rings. The highest BCUT2D eigenvalue weighted by atomic mass is 16.5. The Morgan fingerprint density at radius 3 is 2.40 bits per heavy atom. The Kier molecular flexibility index (Phi) is 5.00. The first-order valence-corrected chi connectivity index (χ1v) is 6.48. The maximum absolute atomic E-state index is 5.84. The van der Waals surface area contributed by atoms with Crippen LogP contribution >= 0.6 is 0 Å². The molecule has 0 heterocycles. The van der Waals surface area contributed by atoms with Gasteiger partial charge in [-0.15, -0.1) is 0 Å². The van der Waals surface area contributed by atoms with Gasteiger partial charge in [-0.25, -0.2) is 4.99 Å². The van der Waals surface area contributed by atoms with Crippen molar-refractivity contribution >= 4 is 5.96 Å². The summed E-state index contributed by atoms with van der Waals surface area (Å²) >= 11 is 0. The second kappa shape index (κ2) is 7.19. The number of nitrogens with one attached hydrogen (secondary N) is 1. The van der Waals surface area contributed by atoms with Gasteiger partial charge in [-0.3, -0.25) is 0 Å². The molecular weight excluding hydrogens is 250 g/mol. The van der Waals surface area contributed by atoms with E-state index >= 15 is 0 Å². The molecule has 104 valence electrons. The van der Waals surface area contributed by atoms with Crippen LogP contribution in [0, 0.1) is 0 Å². The lowest BCUT2D eigenvalue weighted by Crippen LogP contribution is -2.31. The van der Waals surface area contributed by atoms with Crippen molar-refractivity contribution in [3.05, 3.63) is 65.7 Å². The molecule has 0 atom stereocenters. The quantitative estimate of drug-likeness (QED) is 0.647. The Morgan fingerprint density at radius 2 is 1.75 bits per heavy atom. The number of methoxy groups -OCH3 is 1. The first-order valence-electron chi connectivity index (χ1n) is 6.48. The molecule has 0 bridgehead atoms. The second-order valence-electron chi connectivity index (χ2n) is 4.39. The van der Waals surface area contributed by atoms with E-state index in [0.717, 1.165) is 16.9 Å². The van der Waals surface area contributed by atoms with E-state index in [9.17, 15) is 0 Å². The standard InChI is InChI=1S/C16H19N3O/c1-20-15-9-7-14(8-10-15)12-19-16(17)18-11-13-5-3-2-4-6-13/h2-10H,11-12H2,1H3,(H3,17,18,19). The second-order valence-corrected chi connectivity index (χ2v) is 4.39. The van der Waals surface area contributed by atoms with Crippen LogP contribution in [0.5, 0.6) is 5.75 Å². The molecule has 3 N–H and O–H groups in total. The van der Waals surface area contributed by atoms with E-state index in [2.05, 4.69) is 10.3 Å². The van der Waals surface area contributed by atoms with E-state index < -0.39 is 0 Å². The highest BCUT2D eigenvalue weighted by Gasteiger charge is 1.96. The van der Waals surface area contributed by atoms with Gasteiger partial charge in [-0.2, -0.15) is 0 Å². The van der Waals surface area contributed by atoms with Crippen molar-refractivity contribution in [2.45, 2.75) is 13.1 Å². The number of ether oxygens (including phenoxy) is 1. The Hall–Kier alpha value is -2.49. The third-order valence-corrected chi connectivity index (χ3v) is 2.91. The van der Waals surface area contributed by atoms with E-state index in [1.807, 2.05) is 54.6 Å². The summed E-state index contributed by atoms with van der Waals surface area (Å²) in [6, 6.07) is 17.9. The normalized spacial score (nSPS) is 11.2. The van der Waals surface area contributed by atoms with E-state index in [0.29, 0.717) is 19.0 Å². The third-order valence-electron chi connectivity index (χ3n) is 2.91. The SMILES string of the molecule is COc1ccc(CNC(N)=NCc2ccccc2)cc1. The zero-order chi connectivity index (χ0) is 14.2. The van der Waals surface area contributed by atoms with Crippen molar-refractivity contribution in [3.8, 4) is 5.75 Å². The molecule has 0 aromatic heterocycles. The molecule has 4 nitrogen and oxygen atoms in total. The van der Waals surface area contributed by atoms with E-state index in [1.165, 1.54) is 0 Å². The average molecular weight is 269 g/mol. The topological polar surface area (TPSA) is 59.6 Å². The van der Waals surface area contributed by atoms with Gasteiger partial charge in [0.1, 0.15) is 5.75 Å². The number of hydrogen-bond acceptors (Lipinski definition) is 2. The smallest absolute Gasteiger partial charge is 0.189 e. The number of rotatable bonds is 5. The zero-order valence-electron chi connectivity index (χ0n) is 11.5. The van der Waals surface area contributed by atoms with Crippen molar-refractivity contribution in [3.63, 3.8) is 0 Å². The summed E-state index contributed by atoms with van der Waals surface area (Å²) in [5.41, 5.74) is 8.11. The van der Waals surface area contributed by atoms with Crippen LogP contribution in [-0.4, -0.2) is 13.1 Å². The molecule has 0 unspecified atom stereocenters. The first kappa shape index (κ1) is 13.9. The van der Waals surface area contributed by atoms with Gasteiger partial charge in [0.15, 0.2) is 5.96 Å². The maximum atomic E-state index is 5.84. The van der Waals surface area contributed by atoms with E-state index in [-0.39, 0.29) is 0 Å². The monoisotopic (exact) mass is 269 g/mol. The molecule has 2 aromatic carbocycles. The average Bonchev–Trinajstić information content (AvgIpc) is 2.52. The van der Waals surface area contributed by atoms with Gasteiger partial charge in [0, 0.05) is 6.54 Å². The highest BCUT2D eigenvalue weighted by molar-refractivity contribution is 5.77. The Morgan fingerprint density at radius 1 is 1.05 bits per heavy atom. The molecule has 4 heteroatoms. The largest absolute Gasteiger partial charge is 0.497 e. The fraction of sp³-hybridized carbons (Fsp3) is 0.188. The molecule has 0 saturated carbocycles. The van der Waals surface area contributed by atoms with Crippen LogP contribution < -0.4 is 15.8 Å². The van der Waals surface area contributed by atoms with Gasteiger partial charge in [0.05, 0.1) is 13.7 Å². The van der Waals surface area contributed by atoms with Gasteiger partial charge < -0.3 is 15.8 Å². The summed E-state index contributed by atoms with van der Waals surface area (Å²) in [4.78, 5) is 4.30. The lowest BCUT2D eigenvalue weighted by atomic mass is 10.2. The number of benzene rings is 2. The molecular formula is C16H19N3O. The minimum atomic E-state index is 0.449. The summed E-state index contributed by atoms with van der Waals surface area (Å²) in [5, 5.41) is 3.09. The van der Waals surface area contributed by atoms with Crippen LogP contribution in [0.2, 0.25) is 0 Å². The molecule has 2 rings (SSSR count). The first-order chi connectivity index (χ1) is 9.78. The summed E-state index contributed by atoms with van der Waals surface area (Å²) in [5.74, 6) is 1.30. The van der Waals surface area contributed by atoms with Gasteiger partial charge in [-0.1, -0.05) is 42.5 Å². The highest BCUT2D eigenvalue weighted by Crippen LogP contribution is 2.10. The number of nitrogens with zero attached hydrogens (tertiary/aromatic N) is 1. The lowest BCUT2D eigenvalue weighted by Gasteiger charge is -2.06. The van der Waals surface area contributed by atoms with Gasteiger partial charge in [-0.05, 0) is 23.3 Å². The van der Waals surface area contributed by atoms with Crippen molar-refractivity contribution in [2.75, 3.05) is 7.11 Å². The van der Waals surface area contributed by atoms with Gasteiger partial charge in [0.2, 0.25) is 0 Å². The van der Waals surface area contributed by atoms with Gasteiger partial charge in [0.25, 0.3) is 0 Å². The molecule has 0 aliphatic rings. The lowest BCUT2D eigenvalue weighted by molar-refractivity contribution is 0.414. The zero-order valence-corrected chi connectivity index (χ0v) is 11.5. The summed E-state index contributed by atoms with van der Waals surface area (Å²) in [6.07, 6.45) is 0. The maximum Gasteiger partial charge on any atom is 0.189 e. The van der Waals surface area contributed by atoms with Crippen molar-refractivity contribution in [1.29, 1.82) is 0 Å². The summed E-state index contributed by atoms with van der Waals surface area (Å²) in [7, 11) is 1.65. The number of nitrogens with two attached hydrogens (primary N) is 1. The summed E-state index contributed by atoms with van der Waals surface area (Å²) in [6.45, 7) is 1.23. The van der Waals surface area contributed by atoms with Crippen LogP contribution in [0.3, 0.4) is 0 Å². The van der Waals surface area contributed by atoms with E-state index in [4.69, 9.17) is 10.5 Å². The molecule has 0 aliphatic carbocycles. The van der Waals surface area contributed by atoms with Crippen LogP contribution in [0.15, 0.2) is 59.6 Å². The Labute approximate surface area is 119 Å². The minimum absolute atomic E-state index is 0.449. The van der Waals surface area contributed by atoms with Crippen LogP contribution in [0.25, 0.3) is 0 Å². The Balaban J connectivity index is 1.83. The van der Waals surface area contributed by atoms with E-state index in [1.54, 1.807) is 7.11 Å². The number of guanidine groups is 1. The molecule has 0 aliphatic heterocycles. The van der Waals surface area contributed by atoms with Crippen molar-refractivity contribution in [2.24, 2.45) is 10.7 Å². The van der Waals surface area contributed by atoms with Crippen LogP contribution in [0.4, 0.5) is 0 Å². The molecule has 0 fully saturated rings. The predicted molar refractivity (Wildman–Crippen MR) is 81.6 cm³/mol. The fourth-order valence-electron chi connectivity index (χ4n) is 1.75. The molecule has 0 amide bonds. The molecule has 0 radical (unpaired) electrons.